The largest absolute Gasteiger partial charge is 0.481 e. The minimum atomic E-state index is -0.711. The first-order valence-corrected chi connectivity index (χ1v) is 14.1. The van der Waals surface area contributed by atoms with Gasteiger partial charge in [0.25, 0.3) is 0 Å². The molecule has 0 aliphatic carbocycles. The maximum Gasteiger partial charge on any atom is 0.305 e. The lowest BCUT2D eigenvalue weighted by atomic mass is 10.0. The number of esters is 1. The molecule has 0 saturated heterocycles. The van der Waals surface area contributed by atoms with Crippen molar-refractivity contribution in [2.45, 2.75) is 129 Å². The van der Waals surface area contributed by atoms with Crippen LogP contribution in [0.25, 0.3) is 0 Å². The van der Waals surface area contributed by atoms with E-state index >= 15 is 0 Å². The molecule has 0 aliphatic heterocycles. The molecule has 0 aliphatic rings. The van der Waals surface area contributed by atoms with Gasteiger partial charge in [-0.05, 0) is 49.5 Å². The lowest BCUT2D eigenvalue weighted by molar-refractivity contribution is -0.144. The molecule has 0 atom stereocenters. The Balaban J connectivity index is 3.17. The van der Waals surface area contributed by atoms with E-state index in [1.54, 1.807) is 0 Å². The van der Waals surface area contributed by atoms with Crippen LogP contribution < -0.4 is 0 Å². The quantitative estimate of drug-likeness (QED) is 0.117. The van der Waals surface area contributed by atoms with Gasteiger partial charge in [-0.15, -0.1) is 0 Å². The van der Waals surface area contributed by atoms with Gasteiger partial charge in [0.1, 0.15) is 0 Å². The Hall–Kier alpha value is -0.710. The molecule has 184 valence electrons. The number of rotatable bonds is 24. The van der Waals surface area contributed by atoms with Crippen LogP contribution in [-0.4, -0.2) is 35.2 Å². The van der Waals surface area contributed by atoms with Gasteiger partial charge >= 0.3 is 11.9 Å². The Kier molecular flexibility index (Phi) is 23.4. The number of thioether (sulfide) groups is 1. The molecular weight excluding hydrogens is 408 g/mol. The Morgan fingerprint density at radius 1 is 0.677 bits per heavy atom. The molecule has 0 unspecified atom stereocenters. The predicted molar refractivity (Wildman–Crippen MR) is 134 cm³/mol. The number of carbonyl (C=O) groups is 2. The average Bonchev–Trinajstić information content (AvgIpc) is 2.72. The number of carboxylic acids is 1. The fourth-order valence-electron chi connectivity index (χ4n) is 3.56. The Labute approximate surface area is 196 Å². The van der Waals surface area contributed by atoms with Gasteiger partial charge in [-0.25, -0.2) is 0 Å². The molecule has 1 N–H and O–H groups in total. The van der Waals surface area contributed by atoms with Crippen LogP contribution in [0.3, 0.4) is 0 Å². The van der Waals surface area contributed by atoms with Crippen molar-refractivity contribution in [3.63, 3.8) is 0 Å². The van der Waals surface area contributed by atoms with E-state index in [-0.39, 0.29) is 12.4 Å². The summed E-state index contributed by atoms with van der Waals surface area (Å²) in [5.41, 5.74) is 0. The maximum atomic E-state index is 11.7. The Morgan fingerprint density at radius 3 is 1.68 bits per heavy atom. The SMILES string of the molecule is CC(C)CCCCCCCCCCCCCOC(=O)CCCCSCCCCC(=O)O. The first-order valence-electron chi connectivity index (χ1n) is 13.0. The van der Waals surface area contributed by atoms with Crippen molar-refractivity contribution in [3.8, 4) is 0 Å². The van der Waals surface area contributed by atoms with Gasteiger partial charge in [-0.3, -0.25) is 9.59 Å². The molecule has 0 rings (SSSR count). The Morgan fingerprint density at radius 2 is 1.16 bits per heavy atom. The smallest absolute Gasteiger partial charge is 0.305 e. The summed E-state index contributed by atoms with van der Waals surface area (Å²) in [6.07, 6.45) is 20.3. The second-order valence-electron chi connectivity index (χ2n) is 9.21. The van der Waals surface area contributed by atoms with Crippen molar-refractivity contribution in [3.05, 3.63) is 0 Å². The van der Waals surface area contributed by atoms with Crippen LogP contribution in [0.4, 0.5) is 0 Å². The fourth-order valence-corrected chi connectivity index (χ4v) is 4.58. The Bertz CT molecular complexity index is 412. The van der Waals surface area contributed by atoms with Gasteiger partial charge in [-0.2, -0.15) is 11.8 Å². The van der Waals surface area contributed by atoms with Crippen molar-refractivity contribution < 1.29 is 19.4 Å². The summed E-state index contributed by atoms with van der Waals surface area (Å²) in [6.45, 7) is 5.20. The predicted octanol–water partition coefficient (Wildman–Crippen LogP) is 8.03. The van der Waals surface area contributed by atoms with Gasteiger partial charge in [0.15, 0.2) is 0 Å². The minimum absolute atomic E-state index is 0.0557. The summed E-state index contributed by atoms with van der Waals surface area (Å²) >= 11 is 1.85. The van der Waals surface area contributed by atoms with Crippen molar-refractivity contribution in [1.82, 2.24) is 0 Å². The molecular formula is C26H50O4S. The maximum absolute atomic E-state index is 11.7. The molecule has 0 amide bonds. The fraction of sp³-hybridized carbons (Fsp3) is 0.923. The van der Waals surface area contributed by atoms with E-state index in [4.69, 9.17) is 9.84 Å². The number of hydrogen-bond donors (Lipinski definition) is 1. The first kappa shape index (κ1) is 30.3. The molecule has 5 heteroatoms. The van der Waals surface area contributed by atoms with Crippen LogP contribution in [-0.2, 0) is 14.3 Å². The third-order valence-electron chi connectivity index (χ3n) is 5.54. The summed E-state index contributed by atoms with van der Waals surface area (Å²) in [5.74, 6) is 2.14. The van der Waals surface area contributed by atoms with Gasteiger partial charge in [0, 0.05) is 12.8 Å². The zero-order valence-electron chi connectivity index (χ0n) is 20.5. The number of carbonyl (C=O) groups excluding carboxylic acids is 1. The first-order chi connectivity index (χ1) is 15.0. The average molecular weight is 459 g/mol. The third-order valence-corrected chi connectivity index (χ3v) is 6.69. The van der Waals surface area contributed by atoms with Crippen LogP contribution in [0.5, 0.6) is 0 Å². The highest BCUT2D eigenvalue weighted by atomic mass is 32.2. The molecule has 0 bridgehead atoms. The molecule has 0 spiro atoms. The van der Waals surface area contributed by atoms with E-state index in [9.17, 15) is 9.59 Å². The molecule has 0 saturated carbocycles. The van der Waals surface area contributed by atoms with E-state index in [0.29, 0.717) is 13.0 Å². The summed E-state index contributed by atoms with van der Waals surface area (Å²) in [6, 6.07) is 0. The molecule has 0 heterocycles. The highest BCUT2D eigenvalue weighted by Crippen LogP contribution is 2.14. The molecule has 0 fully saturated rings. The van der Waals surface area contributed by atoms with Crippen LogP contribution in [0.15, 0.2) is 0 Å². The van der Waals surface area contributed by atoms with Crippen molar-refractivity contribution in [2.75, 3.05) is 18.1 Å². The summed E-state index contributed by atoms with van der Waals surface area (Å²) in [5, 5.41) is 8.57. The van der Waals surface area contributed by atoms with Crippen LogP contribution >= 0.6 is 11.8 Å². The van der Waals surface area contributed by atoms with Crippen molar-refractivity contribution >= 4 is 23.7 Å². The highest BCUT2D eigenvalue weighted by molar-refractivity contribution is 7.99. The summed E-state index contributed by atoms with van der Waals surface area (Å²) < 4.78 is 5.33. The standard InChI is InChI=1S/C26H50O4S/c1-24(2)18-12-10-8-6-4-3-5-7-9-11-15-21-30-26(29)20-14-17-23-31-22-16-13-19-25(27)28/h24H,3-23H2,1-2H3,(H,27,28). The lowest BCUT2D eigenvalue weighted by Crippen LogP contribution is -2.05. The second kappa shape index (κ2) is 23.9. The summed E-state index contributed by atoms with van der Waals surface area (Å²) in [7, 11) is 0. The molecule has 0 radical (unpaired) electrons. The number of unbranched alkanes of at least 4 members (excludes halogenated alkanes) is 12. The number of carboxylic acid groups (broad SMARTS) is 1. The van der Waals surface area contributed by atoms with Crippen LogP contribution in [0, 0.1) is 5.92 Å². The topological polar surface area (TPSA) is 63.6 Å². The van der Waals surface area contributed by atoms with Crippen molar-refractivity contribution in [1.29, 1.82) is 0 Å². The van der Waals surface area contributed by atoms with E-state index in [2.05, 4.69) is 13.8 Å². The molecule has 4 nitrogen and oxygen atoms in total. The number of aliphatic carboxylic acids is 1. The number of hydrogen-bond acceptors (Lipinski definition) is 4. The second-order valence-corrected chi connectivity index (χ2v) is 10.4. The third kappa shape index (κ3) is 27.3. The monoisotopic (exact) mass is 458 g/mol. The van der Waals surface area contributed by atoms with E-state index in [1.165, 1.54) is 70.6 Å². The zero-order valence-corrected chi connectivity index (χ0v) is 21.3. The highest BCUT2D eigenvalue weighted by Gasteiger charge is 2.03. The zero-order chi connectivity index (χ0) is 23.0. The molecule has 0 aromatic carbocycles. The van der Waals surface area contributed by atoms with Crippen molar-refractivity contribution in [2.24, 2.45) is 5.92 Å². The van der Waals surface area contributed by atoms with E-state index in [0.717, 1.165) is 49.5 Å². The minimum Gasteiger partial charge on any atom is -0.481 e. The van der Waals surface area contributed by atoms with Crippen LogP contribution in [0.2, 0.25) is 0 Å². The van der Waals surface area contributed by atoms with Gasteiger partial charge in [0.2, 0.25) is 0 Å². The van der Waals surface area contributed by atoms with Gasteiger partial charge in [0.05, 0.1) is 6.61 Å². The van der Waals surface area contributed by atoms with Gasteiger partial charge < -0.3 is 9.84 Å². The molecule has 31 heavy (non-hydrogen) atoms. The van der Waals surface area contributed by atoms with E-state index < -0.39 is 5.97 Å². The van der Waals surface area contributed by atoms with Crippen LogP contribution in [0.1, 0.15) is 129 Å². The number of ether oxygens (including phenoxy) is 1. The molecule has 0 aromatic rings. The van der Waals surface area contributed by atoms with Gasteiger partial charge in [-0.1, -0.05) is 84.5 Å². The normalized spacial score (nSPS) is 11.2. The summed E-state index contributed by atoms with van der Waals surface area (Å²) in [4.78, 5) is 22.1. The lowest BCUT2D eigenvalue weighted by Gasteiger charge is -2.06. The van der Waals surface area contributed by atoms with E-state index in [1.807, 2.05) is 11.8 Å². The molecule has 0 aromatic heterocycles.